The number of benzene rings is 1. The summed E-state index contributed by atoms with van der Waals surface area (Å²) in [5.74, 6) is 2.31. The van der Waals surface area contributed by atoms with Crippen molar-refractivity contribution < 1.29 is 4.79 Å². The molecule has 2 aliphatic rings. The summed E-state index contributed by atoms with van der Waals surface area (Å²) in [6, 6.07) is 10.0. The quantitative estimate of drug-likeness (QED) is 0.848. The van der Waals surface area contributed by atoms with Crippen LogP contribution < -0.4 is 10.2 Å². The zero-order chi connectivity index (χ0) is 18.6. The van der Waals surface area contributed by atoms with Crippen LogP contribution in [0.15, 0.2) is 30.3 Å². The van der Waals surface area contributed by atoms with Gasteiger partial charge in [0.05, 0.1) is 11.1 Å². The number of carbonyl (C=O) groups is 1. The fourth-order valence-corrected chi connectivity index (χ4v) is 4.63. The van der Waals surface area contributed by atoms with Crippen molar-refractivity contribution in [1.29, 1.82) is 0 Å². The first-order valence-corrected chi connectivity index (χ1v) is 10.6. The number of anilines is 1. The maximum absolute atomic E-state index is 13.0. The second-order valence-electron chi connectivity index (χ2n) is 8.45. The Morgan fingerprint density at radius 2 is 1.96 bits per heavy atom. The molecule has 0 spiro atoms. The maximum Gasteiger partial charge on any atom is 0.252 e. The molecule has 0 bridgehead atoms. The molecule has 1 N–H and O–H groups in total. The molecule has 4 rings (SSSR count). The lowest BCUT2D eigenvalue weighted by molar-refractivity contribution is 0.0945. The summed E-state index contributed by atoms with van der Waals surface area (Å²) in [6.45, 7) is 5.14. The number of hydrogen-bond donors (Lipinski definition) is 1. The Kier molecular flexibility index (Phi) is 5.61. The molecular weight excluding hydrogens is 334 g/mol. The van der Waals surface area contributed by atoms with Crippen molar-refractivity contribution in [2.24, 2.45) is 11.8 Å². The lowest BCUT2D eigenvalue weighted by atomic mass is 9.89. The molecule has 1 saturated heterocycles. The molecule has 1 aliphatic heterocycles. The summed E-state index contributed by atoms with van der Waals surface area (Å²) in [4.78, 5) is 20.3. The lowest BCUT2D eigenvalue weighted by Gasteiger charge is -2.32. The zero-order valence-electron chi connectivity index (χ0n) is 16.4. The molecule has 1 atom stereocenters. The number of aromatic nitrogens is 1. The Hall–Kier alpha value is -2.10. The zero-order valence-corrected chi connectivity index (χ0v) is 16.4. The van der Waals surface area contributed by atoms with Crippen molar-refractivity contribution in [3.63, 3.8) is 0 Å². The first-order valence-electron chi connectivity index (χ1n) is 10.6. The Morgan fingerprint density at radius 1 is 1.15 bits per heavy atom. The SMILES string of the molecule is C[C@@H]1CCCN(c2cc(C(=O)NCC3CCCCC3)c3ccccc3n2)C1. The third-order valence-electron chi connectivity index (χ3n) is 6.20. The van der Waals surface area contributed by atoms with Gasteiger partial charge in [-0.25, -0.2) is 4.98 Å². The number of nitrogens with zero attached hydrogens (tertiary/aromatic N) is 2. The fourth-order valence-electron chi connectivity index (χ4n) is 4.63. The van der Waals surface area contributed by atoms with Gasteiger partial charge in [-0.1, -0.05) is 44.4 Å². The van der Waals surface area contributed by atoms with Crippen LogP contribution in [0.25, 0.3) is 10.9 Å². The van der Waals surface area contributed by atoms with Crippen LogP contribution in [0.1, 0.15) is 62.2 Å². The molecular formula is C23H31N3O. The van der Waals surface area contributed by atoms with E-state index in [2.05, 4.69) is 17.1 Å². The number of fused-ring (bicyclic) bond motifs is 1. The second-order valence-corrected chi connectivity index (χ2v) is 8.45. The summed E-state index contributed by atoms with van der Waals surface area (Å²) >= 11 is 0. The van der Waals surface area contributed by atoms with Gasteiger partial charge in [-0.05, 0) is 49.7 Å². The number of para-hydroxylation sites is 1. The Morgan fingerprint density at radius 3 is 2.78 bits per heavy atom. The van der Waals surface area contributed by atoms with Crippen LogP contribution in [-0.4, -0.2) is 30.5 Å². The Balaban J connectivity index is 1.58. The molecule has 4 heteroatoms. The molecule has 27 heavy (non-hydrogen) atoms. The number of nitrogens with one attached hydrogen (secondary N) is 1. The van der Waals surface area contributed by atoms with Gasteiger partial charge >= 0.3 is 0 Å². The summed E-state index contributed by atoms with van der Waals surface area (Å²) < 4.78 is 0. The average Bonchev–Trinajstić information content (AvgIpc) is 2.72. The van der Waals surface area contributed by atoms with Gasteiger partial charge in [0.15, 0.2) is 0 Å². The van der Waals surface area contributed by atoms with E-state index in [0.717, 1.165) is 41.9 Å². The van der Waals surface area contributed by atoms with Gasteiger partial charge in [0, 0.05) is 25.0 Å². The van der Waals surface area contributed by atoms with E-state index in [0.29, 0.717) is 11.8 Å². The van der Waals surface area contributed by atoms with Crippen molar-refractivity contribution in [2.45, 2.75) is 51.9 Å². The largest absolute Gasteiger partial charge is 0.356 e. The minimum atomic E-state index is 0.0467. The van der Waals surface area contributed by atoms with Crippen molar-refractivity contribution in [3.05, 3.63) is 35.9 Å². The molecule has 2 aromatic rings. The highest BCUT2D eigenvalue weighted by Gasteiger charge is 2.21. The first kappa shape index (κ1) is 18.3. The number of piperidine rings is 1. The summed E-state index contributed by atoms with van der Waals surface area (Å²) in [5.41, 5.74) is 1.68. The molecule has 1 saturated carbocycles. The second kappa shape index (κ2) is 8.28. The Bertz CT molecular complexity index is 797. The van der Waals surface area contributed by atoms with E-state index in [1.165, 1.54) is 44.9 Å². The molecule has 2 heterocycles. The number of amides is 1. The average molecular weight is 366 g/mol. The number of hydrogen-bond acceptors (Lipinski definition) is 3. The number of rotatable bonds is 4. The van der Waals surface area contributed by atoms with E-state index >= 15 is 0 Å². The third-order valence-corrected chi connectivity index (χ3v) is 6.20. The van der Waals surface area contributed by atoms with Gasteiger partial charge < -0.3 is 10.2 Å². The van der Waals surface area contributed by atoms with E-state index in [9.17, 15) is 4.79 Å². The topological polar surface area (TPSA) is 45.2 Å². The van der Waals surface area contributed by atoms with Crippen LogP contribution in [0.3, 0.4) is 0 Å². The van der Waals surface area contributed by atoms with Crippen LogP contribution in [-0.2, 0) is 0 Å². The summed E-state index contributed by atoms with van der Waals surface area (Å²) in [5, 5.41) is 4.17. The predicted molar refractivity (Wildman–Crippen MR) is 111 cm³/mol. The number of pyridine rings is 1. The smallest absolute Gasteiger partial charge is 0.252 e. The van der Waals surface area contributed by atoms with Gasteiger partial charge in [-0.15, -0.1) is 0 Å². The van der Waals surface area contributed by atoms with E-state index in [1.54, 1.807) is 0 Å². The van der Waals surface area contributed by atoms with Crippen LogP contribution in [0.2, 0.25) is 0 Å². The summed E-state index contributed by atoms with van der Waals surface area (Å²) in [6.07, 6.45) is 8.91. The normalized spacial score (nSPS) is 21.4. The molecule has 0 radical (unpaired) electrons. The van der Waals surface area contributed by atoms with Crippen molar-refractivity contribution >= 4 is 22.6 Å². The highest BCUT2D eigenvalue weighted by molar-refractivity contribution is 6.07. The van der Waals surface area contributed by atoms with Crippen LogP contribution in [0, 0.1) is 11.8 Å². The van der Waals surface area contributed by atoms with E-state index < -0.39 is 0 Å². The molecule has 144 valence electrons. The van der Waals surface area contributed by atoms with Crippen LogP contribution in [0.5, 0.6) is 0 Å². The van der Waals surface area contributed by atoms with E-state index in [1.807, 2.05) is 30.3 Å². The monoisotopic (exact) mass is 365 g/mol. The highest BCUT2D eigenvalue weighted by Crippen LogP contribution is 2.27. The van der Waals surface area contributed by atoms with Crippen LogP contribution in [0.4, 0.5) is 5.82 Å². The predicted octanol–water partition coefficient (Wildman–Crippen LogP) is 4.78. The summed E-state index contributed by atoms with van der Waals surface area (Å²) in [7, 11) is 0. The Labute approximate surface area is 162 Å². The molecule has 4 nitrogen and oxygen atoms in total. The fraction of sp³-hybridized carbons (Fsp3) is 0.565. The first-order chi connectivity index (χ1) is 13.2. The van der Waals surface area contributed by atoms with Crippen LogP contribution >= 0.6 is 0 Å². The van der Waals surface area contributed by atoms with Gasteiger partial charge in [-0.3, -0.25) is 4.79 Å². The van der Waals surface area contributed by atoms with Gasteiger partial charge in [-0.2, -0.15) is 0 Å². The molecule has 0 unspecified atom stereocenters. The van der Waals surface area contributed by atoms with E-state index in [4.69, 9.17) is 4.98 Å². The maximum atomic E-state index is 13.0. The molecule has 2 fully saturated rings. The minimum Gasteiger partial charge on any atom is -0.356 e. The molecule has 1 amide bonds. The van der Waals surface area contributed by atoms with Gasteiger partial charge in [0.1, 0.15) is 5.82 Å². The van der Waals surface area contributed by atoms with Gasteiger partial charge in [0.25, 0.3) is 5.91 Å². The van der Waals surface area contributed by atoms with Crippen molar-refractivity contribution in [2.75, 3.05) is 24.5 Å². The van der Waals surface area contributed by atoms with Gasteiger partial charge in [0.2, 0.25) is 0 Å². The standard InChI is InChI=1S/C23H31N3O/c1-17-8-7-13-26(16-17)22-14-20(19-11-5-6-12-21(19)25-22)23(27)24-15-18-9-3-2-4-10-18/h5-6,11-12,14,17-18H,2-4,7-10,13,15-16H2,1H3,(H,24,27)/t17-/m1/s1. The molecule has 1 aromatic carbocycles. The molecule has 1 aliphatic carbocycles. The lowest BCUT2D eigenvalue weighted by Crippen LogP contribution is -2.35. The number of carbonyl (C=O) groups excluding carboxylic acids is 1. The van der Waals surface area contributed by atoms with Crippen molar-refractivity contribution in [1.82, 2.24) is 10.3 Å². The highest BCUT2D eigenvalue weighted by atomic mass is 16.1. The molecule has 1 aromatic heterocycles. The minimum absolute atomic E-state index is 0.0467. The van der Waals surface area contributed by atoms with Crippen molar-refractivity contribution in [3.8, 4) is 0 Å². The third kappa shape index (κ3) is 4.26. The van der Waals surface area contributed by atoms with E-state index in [-0.39, 0.29) is 5.91 Å².